The van der Waals surface area contributed by atoms with Gasteiger partial charge in [-0.05, 0) is 25.7 Å². The minimum atomic E-state index is -2.04. The topological polar surface area (TPSA) is 146 Å². The molecule has 0 aliphatic carbocycles. The van der Waals surface area contributed by atoms with Gasteiger partial charge in [-0.25, -0.2) is 4.79 Å². The molecule has 0 aromatic rings. The van der Waals surface area contributed by atoms with Crippen molar-refractivity contribution in [3.8, 4) is 12.3 Å². The smallest absolute Gasteiger partial charge is 0.346 e. The van der Waals surface area contributed by atoms with Crippen LogP contribution >= 0.6 is 11.8 Å². The lowest BCUT2D eigenvalue weighted by atomic mass is 10.00. The highest BCUT2D eigenvalue weighted by Gasteiger charge is 2.37. The van der Waals surface area contributed by atoms with Gasteiger partial charge in [0.15, 0.2) is 0 Å². The third-order valence-electron chi connectivity index (χ3n) is 4.00. The van der Waals surface area contributed by atoms with Crippen LogP contribution in [0.15, 0.2) is 0 Å². The monoisotopic (exact) mass is 435 g/mol. The molecule has 0 spiro atoms. The third-order valence-corrected chi connectivity index (χ3v) is 5.22. The standard InChI is InChI=1S/C19H33NO8S/c1-3-9-27-10-11-28-12-13-29-19(26,18(24)25)7-5-15(20-17(23)4-2)14-16(22)6-8-21/h1,15-16,21-22,26H,4-14H2,2H3,(H,20,23)(H,24,25)/t15-,16-,19?/m1/s1. The molecule has 9 nitrogen and oxygen atoms in total. The number of rotatable bonds is 18. The number of aliphatic hydroxyl groups excluding tert-OH is 2. The molecule has 5 N–H and O–H groups in total. The fourth-order valence-electron chi connectivity index (χ4n) is 2.41. The minimum Gasteiger partial charge on any atom is -0.478 e. The fraction of sp³-hybridized carbons (Fsp3) is 0.789. The summed E-state index contributed by atoms with van der Waals surface area (Å²) in [7, 11) is 0. The van der Waals surface area contributed by atoms with Crippen LogP contribution in [0, 0.1) is 12.3 Å². The van der Waals surface area contributed by atoms with E-state index in [2.05, 4.69) is 11.2 Å². The maximum absolute atomic E-state index is 11.7. The maximum atomic E-state index is 11.7. The average Bonchev–Trinajstić information content (AvgIpc) is 2.68. The highest BCUT2D eigenvalue weighted by atomic mass is 32.2. The van der Waals surface area contributed by atoms with Crippen molar-refractivity contribution < 1.29 is 39.5 Å². The summed E-state index contributed by atoms with van der Waals surface area (Å²) in [6.07, 6.45) is 4.79. The van der Waals surface area contributed by atoms with E-state index in [1.165, 1.54) is 0 Å². The number of terminal acetylenes is 1. The second kappa shape index (κ2) is 16.4. The number of carboxylic acid groups (broad SMARTS) is 1. The number of hydrogen-bond acceptors (Lipinski definition) is 8. The number of carbonyl (C=O) groups is 2. The van der Waals surface area contributed by atoms with Crippen molar-refractivity contribution >= 4 is 23.6 Å². The van der Waals surface area contributed by atoms with Crippen LogP contribution in [0.5, 0.6) is 0 Å². The van der Waals surface area contributed by atoms with Gasteiger partial charge in [0.2, 0.25) is 10.8 Å². The van der Waals surface area contributed by atoms with E-state index in [1.807, 2.05) is 0 Å². The molecule has 0 bridgehead atoms. The summed E-state index contributed by atoms with van der Waals surface area (Å²) in [6.45, 7) is 2.54. The predicted molar refractivity (Wildman–Crippen MR) is 109 cm³/mol. The van der Waals surface area contributed by atoms with Gasteiger partial charge in [-0.2, -0.15) is 0 Å². The van der Waals surface area contributed by atoms with E-state index in [0.29, 0.717) is 13.2 Å². The van der Waals surface area contributed by atoms with Gasteiger partial charge in [0.05, 0.1) is 25.9 Å². The van der Waals surface area contributed by atoms with Gasteiger partial charge >= 0.3 is 5.97 Å². The first-order chi connectivity index (χ1) is 13.8. The Bertz CT molecular complexity index is 513. The van der Waals surface area contributed by atoms with Crippen LogP contribution in [-0.4, -0.2) is 88.2 Å². The normalized spacial score (nSPS) is 15.1. The van der Waals surface area contributed by atoms with Gasteiger partial charge < -0.3 is 35.2 Å². The van der Waals surface area contributed by atoms with E-state index in [-0.39, 0.29) is 63.6 Å². The SMILES string of the molecule is C#CCOCCOCCSC(O)(CC[C@H](C[C@H](O)CCO)NC(=O)CC)C(=O)O. The zero-order chi connectivity index (χ0) is 22.1. The summed E-state index contributed by atoms with van der Waals surface area (Å²) in [5, 5.41) is 41.4. The van der Waals surface area contributed by atoms with Crippen molar-refractivity contribution in [3.05, 3.63) is 0 Å². The number of aliphatic carboxylic acids is 1. The second-order valence-corrected chi connectivity index (χ2v) is 7.74. The number of nitrogens with one attached hydrogen (secondary N) is 1. The molecule has 0 radical (unpaired) electrons. The summed E-state index contributed by atoms with van der Waals surface area (Å²) >= 11 is 0.839. The van der Waals surface area contributed by atoms with Crippen LogP contribution < -0.4 is 5.32 Å². The van der Waals surface area contributed by atoms with Crippen molar-refractivity contribution in [1.82, 2.24) is 5.32 Å². The van der Waals surface area contributed by atoms with Gasteiger partial charge in [0.1, 0.15) is 6.61 Å². The number of carbonyl (C=O) groups excluding carboxylic acids is 1. The lowest BCUT2D eigenvalue weighted by Gasteiger charge is -2.27. The van der Waals surface area contributed by atoms with Crippen molar-refractivity contribution in [2.45, 2.75) is 56.1 Å². The lowest BCUT2D eigenvalue weighted by Crippen LogP contribution is -2.41. The average molecular weight is 436 g/mol. The molecule has 0 aromatic carbocycles. The Hall–Kier alpha value is -1.35. The minimum absolute atomic E-state index is 0.126. The van der Waals surface area contributed by atoms with Crippen LogP contribution in [0.2, 0.25) is 0 Å². The van der Waals surface area contributed by atoms with Crippen molar-refractivity contribution in [3.63, 3.8) is 0 Å². The number of hydrogen-bond donors (Lipinski definition) is 5. The Labute approximate surface area is 176 Å². The van der Waals surface area contributed by atoms with Crippen LogP contribution in [0.1, 0.15) is 39.0 Å². The Morgan fingerprint density at radius 1 is 1.24 bits per heavy atom. The van der Waals surface area contributed by atoms with Gasteiger partial charge in [0.25, 0.3) is 0 Å². The Morgan fingerprint density at radius 2 is 1.93 bits per heavy atom. The fourth-order valence-corrected chi connectivity index (χ4v) is 3.33. The first kappa shape index (κ1) is 27.6. The Balaban J connectivity index is 4.55. The molecular weight excluding hydrogens is 402 g/mol. The molecule has 1 amide bonds. The van der Waals surface area contributed by atoms with Crippen molar-refractivity contribution in [2.24, 2.45) is 0 Å². The lowest BCUT2D eigenvalue weighted by molar-refractivity contribution is -0.150. The van der Waals surface area contributed by atoms with Gasteiger partial charge in [-0.3, -0.25) is 4.79 Å². The Morgan fingerprint density at radius 3 is 2.52 bits per heavy atom. The zero-order valence-electron chi connectivity index (χ0n) is 16.8. The Kier molecular flexibility index (Phi) is 15.7. The van der Waals surface area contributed by atoms with Gasteiger partial charge in [-0.1, -0.05) is 12.8 Å². The molecule has 1 unspecified atom stereocenters. The van der Waals surface area contributed by atoms with Gasteiger partial charge in [0, 0.05) is 24.8 Å². The summed E-state index contributed by atoms with van der Waals surface area (Å²) in [4.78, 5) is 21.2. The number of thioether (sulfide) groups is 1. The summed E-state index contributed by atoms with van der Waals surface area (Å²) < 4.78 is 10.3. The molecule has 168 valence electrons. The summed E-state index contributed by atoms with van der Waals surface area (Å²) in [5.41, 5.74) is 0. The highest BCUT2D eigenvalue weighted by molar-refractivity contribution is 8.01. The van der Waals surface area contributed by atoms with E-state index < -0.39 is 23.0 Å². The first-order valence-electron chi connectivity index (χ1n) is 9.56. The number of aliphatic hydroxyl groups is 3. The van der Waals surface area contributed by atoms with Crippen molar-refractivity contribution in [2.75, 3.05) is 38.8 Å². The molecule has 0 aliphatic rings. The number of carboxylic acids is 1. The molecule has 0 saturated heterocycles. The van der Waals surface area contributed by atoms with E-state index in [1.54, 1.807) is 6.92 Å². The zero-order valence-corrected chi connectivity index (χ0v) is 17.7. The number of ether oxygens (including phenoxy) is 2. The van der Waals surface area contributed by atoms with E-state index in [4.69, 9.17) is 21.0 Å². The second-order valence-electron chi connectivity index (χ2n) is 6.37. The molecule has 0 saturated carbocycles. The van der Waals surface area contributed by atoms with Crippen LogP contribution in [0.3, 0.4) is 0 Å². The summed E-state index contributed by atoms with van der Waals surface area (Å²) in [5.74, 6) is 0.956. The summed E-state index contributed by atoms with van der Waals surface area (Å²) in [6, 6.07) is -0.514. The van der Waals surface area contributed by atoms with Gasteiger partial charge in [-0.15, -0.1) is 18.2 Å². The van der Waals surface area contributed by atoms with Crippen LogP contribution in [0.4, 0.5) is 0 Å². The number of amides is 1. The molecular formula is C19H33NO8S. The molecule has 0 aromatic heterocycles. The molecule has 0 aliphatic heterocycles. The van der Waals surface area contributed by atoms with E-state index >= 15 is 0 Å². The largest absolute Gasteiger partial charge is 0.478 e. The molecule has 0 fully saturated rings. The molecule has 3 atom stereocenters. The molecule has 10 heteroatoms. The van der Waals surface area contributed by atoms with Crippen LogP contribution in [-0.2, 0) is 19.1 Å². The van der Waals surface area contributed by atoms with E-state index in [0.717, 1.165) is 11.8 Å². The first-order valence-corrected chi connectivity index (χ1v) is 10.5. The maximum Gasteiger partial charge on any atom is 0.346 e. The third kappa shape index (κ3) is 13.5. The molecule has 0 heterocycles. The van der Waals surface area contributed by atoms with Crippen LogP contribution in [0.25, 0.3) is 0 Å². The highest BCUT2D eigenvalue weighted by Crippen LogP contribution is 2.29. The molecule has 0 rings (SSSR count). The molecule has 29 heavy (non-hydrogen) atoms. The predicted octanol–water partition coefficient (Wildman–Crippen LogP) is -0.0324. The van der Waals surface area contributed by atoms with Crippen molar-refractivity contribution in [1.29, 1.82) is 0 Å². The van der Waals surface area contributed by atoms with E-state index in [9.17, 15) is 24.9 Å². The quantitative estimate of drug-likeness (QED) is 0.114.